The molecule has 0 radical (unpaired) electrons. The van der Waals surface area contributed by atoms with Crippen LogP contribution in [-0.2, 0) is 6.54 Å². The van der Waals surface area contributed by atoms with Crippen molar-refractivity contribution in [3.8, 4) is 0 Å². The second-order valence-electron chi connectivity index (χ2n) is 6.90. The quantitative estimate of drug-likeness (QED) is 0.836. The van der Waals surface area contributed by atoms with Crippen LogP contribution in [0.15, 0.2) is 12.1 Å². The van der Waals surface area contributed by atoms with Gasteiger partial charge in [0.1, 0.15) is 0 Å². The molecule has 0 saturated heterocycles. The lowest BCUT2D eigenvalue weighted by Crippen LogP contribution is -2.37. The summed E-state index contributed by atoms with van der Waals surface area (Å²) < 4.78 is 0. The molecule has 0 aromatic carbocycles. The fourth-order valence-electron chi connectivity index (χ4n) is 2.95. The van der Waals surface area contributed by atoms with Crippen molar-refractivity contribution >= 4 is 5.82 Å². The minimum absolute atomic E-state index is 0.474. The molecule has 1 heterocycles. The number of hydrogen-bond acceptors (Lipinski definition) is 4. The summed E-state index contributed by atoms with van der Waals surface area (Å²) in [4.78, 5) is 2.48. The van der Waals surface area contributed by atoms with E-state index in [1.165, 1.54) is 25.7 Å². The lowest BCUT2D eigenvalue weighted by molar-refractivity contribution is 0.527. The van der Waals surface area contributed by atoms with Crippen molar-refractivity contribution in [2.45, 2.75) is 72.0 Å². The van der Waals surface area contributed by atoms with Crippen LogP contribution in [0.4, 0.5) is 5.82 Å². The van der Waals surface area contributed by atoms with Crippen molar-refractivity contribution in [2.24, 2.45) is 5.92 Å². The highest BCUT2D eigenvalue weighted by Crippen LogP contribution is 2.27. The molecule has 21 heavy (non-hydrogen) atoms. The summed E-state index contributed by atoms with van der Waals surface area (Å²) >= 11 is 0. The summed E-state index contributed by atoms with van der Waals surface area (Å²) in [5.41, 5.74) is 1.02. The minimum Gasteiger partial charge on any atom is -0.352 e. The third-order valence-corrected chi connectivity index (χ3v) is 4.02. The van der Waals surface area contributed by atoms with Crippen molar-refractivity contribution in [1.29, 1.82) is 0 Å². The predicted molar refractivity (Wildman–Crippen MR) is 88.4 cm³/mol. The largest absolute Gasteiger partial charge is 0.352 e. The van der Waals surface area contributed by atoms with Crippen molar-refractivity contribution in [3.05, 3.63) is 17.8 Å². The van der Waals surface area contributed by atoms with Gasteiger partial charge < -0.3 is 10.2 Å². The van der Waals surface area contributed by atoms with E-state index in [0.29, 0.717) is 18.0 Å². The number of aromatic nitrogens is 2. The van der Waals surface area contributed by atoms with Crippen LogP contribution in [0.25, 0.3) is 0 Å². The summed E-state index contributed by atoms with van der Waals surface area (Å²) in [5.74, 6) is 1.69. The molecule has 0 bridgehead atoms. The van der Waals surface area contributed by atoms with Crippen molar-refractivity contribution < 1.29 is 0 Å². The topological polar surface area (TPSA) is 41.0 Å². The maximum absolute atomic E-state index is 4.49. The summed E-state index contributed by atoms with van der Waals surface area (Å²) in [6.45, 7) is 10.7. The molecule has 1 N–H and O–H groups in total. The first kappa shape index (κ1) is 16.2. The molecule has 4 heteroatoms. The lowest BCUT2D eigenvalue weighted by Gasteiger charge is -2.31. The number of nitrogens with one attached hydrogen (secondary N) is 1. The zero-order chi connectivity index (χ0) is 15.2. The smallest absolute Gasteiger partial charge is 0.151 e. The average Bonchev–Trinajstić information content (AvgIpc) is 2.97. The Balaban J connectivity index is 2.05. The van der Waals surface area contributed by atoms with Gasteiger partial charge in [-0.25, -0.2) is 0 Å². The molecular weight excluding hydrogens is 260 g/mol. The fourth-order valence-corrected chi connectivity index (χ4v) is 2.95. The summed E-state index contributed by atoms with van der Waals surface area (Å²) in [6.07, 6.45) is 5.29. The Morgan fingerprint density at radius 2 is 1.86 bits per heavy atom. The average molecular weight is 290 g/mol. The van der Waals surface area contributed by atoms with Gasteiger partial charge in [-0.3, -0.25) is 0 Å². The molecule has 1 aromatic rings. The summed E-state index contributed by atoms with van der Waals surface area (Å²) in [6, 6.07) is 5.38. The minimum atomic E-state index is 0.474. The molecule has 4 nitrogen and oxygen atoms in total. The summed E-state index contributed by atoms with van der Waals surface area (Å²) in [7, 11) is 0. The van der Waals surface area contributed by atoms with E-state index < -0.39 is 0 Å². The third-order valence-electron chi connectivity index (χ3n) is 4.02. The molecule has 1 aliphatic rings. The Hall–Kier alpha value is -1.16. The molecule has 1 aliphatic carbocycles. The van der Waals surface area contributed by atoms with Crippen LogP contribution in [0.1, 0.15) is 59.1 Å². The highest BCUT2D eigenvalue weighted by molar-refractivity contribution is 5.39. The highest BCUT2D eigenvalue weighted by atomic mass is 15.3. The first-order valence-corrected chi connectivity index (χ1v) is 8.39. The molecule has 0 aliphatic heterocycles. The lowest BCUT2D eigenvalue weighted by atomic mass is 10.1. The Labute approximate surface area is 129 Å². The van der Waals surface area contributed by atoms with Gasteiger partial charge in [0.25, 0.3) is 0 Å². The normalized spacial score (nSPS) is 16.1. The van der Waals surface area contributed by atoms with Gasteiger partial charge in [-0.2, -0.15) is 5.10 Å². The molecule has 0 unspecified atom stereocenters. The van der Waals surface area contributed by atoms with Crippen LogP contribution in [-0.4, -0.2) is 28.8 Å². The van der Waals surface area contributed by atoms with Crippen LogP contribution in [0.3, 0.4) is 0 Å². The fraction of sp³-hybridized carbons (Fsp3) is 0.765. The van der Waals surface area contributed by atoms with Gasteiger partial charge in [0.2, 0.25) is 0 Å². The van der Waals surface area contributed by atoms with Crippen LogP contribution in [0.2, 0.25) is 0 Å². The van der Waals surface area contributed by atoms with Crippen LogP contribution in [0.5, 0.6) is 0 Å². The van der Waals surface area contributed by atoms with Crippen molar-refractivity contribution in [2.75, 3.05) is 11.4 Å². The Bertz CT molecular complexity index is 407. The molecule has 1 aromatic heterocycles. The van der Waals surface area contributed by atoms with Gasteiger partial charge >= 0.3 is 0 Å². The van der Waals surface area contributed by atoms with E-state index in [1.807, 2.05) is 0 Å². The van der Waals surface area contributed by atoms with Crippen LogP contribution in [0, 0.1) is 5.92 Å². The molecule has 0 atom stereocenters. The van der Waals surface area contributed by atoms with Gasteiger partial charge in [0, 0.05) is 25.2 Å². The van der Waals surface area contributed by atoms with E-state index in [0.717, 1.165) is 24.6 Å². The van der Waals surface area contributed by atoms with Crippen molar-refractivity contribution in [1.82, 2.24) is 15.5 Å². The van der Waals surface area contributed by atoms with E-state index in [1.54, 1.807) is 0 Å². The van der Waals surface area contributed by atoms with Crippen LogP contribution >= 0.6 is 0 Å². The maximum atomic E-state index is 4.49. The van der Waals surface area contributed by atoms with Gasteiger partial charge in [0.15, 0.2) is 5.82 Å². The van der Waals surface area contributed by atoms with E-state index in [2.05, 4.69) is 60.2 Å². The number of hydrogen-bond donors (Lipinski definition) is 1. The van der Waals surface area contributed by atoms with Gasteiger partial charge in [-0.1, -0.05) is 40.5 Å². The Morgan fingerprint density at radius 1 is 1.14 bits per heavy atom. The predicted octanol–water partition coefficient (Wildman–Crippen LogP) is 3.38. The Morgan fingerprint density at radius 3 is 2.38 bits per heavy atom. The van der Waals surface area contributed by atoms with Crippen LogP contribution < -0.4 is 10.2 Å². The van der Waals surface area contributed by atoms with E-state index in [9.17, 15) is 0 Å². The molecule has 0 spiro atoms. The zero-order valence-electron chi connectivity index (χ0n) is 14.0. The highest BCUT2D eigenvalue weighted by Gasteiger charge is 2.24. The number of anilines is 1. The van der Waals surface area contributed by atoms with E-state index in [-0.39, 0.29) is 0 Å². The number of rotatable bonds is 7. The molecule has 0 amide bonds. The van der Waals surface area contributed by atoms with Gasteiger partial charge in [-0.15, -0.1) is 5.10 Å². The molecule has 2 rings (SSSR count). The Kier molecular flexibility index (Phi) is 5.97. The number of nitrogens with zero attached hydrogens (tertiary/aromatic N) is 3. The van der Waals surface area contributed by atoms with Gasteiger partial charge in [0.05, 0.1) is 5.69 Å². The third kappa shape index (κ3) is 4.95. The first-order valence-electron chi connectivity index (χ1n) is 8.39. The monoisotopic (exact) mass is 290 g/mol. The summed E-state index contributed by atoms with van der Waals surface area (Å²) in [5, 5.41) is 12.3. The zero-order valence-corrected chi connectivity index (χ0v) is 14.0. The van der Waals surface area contributed by atoms with Crippen molar-refractivity contribution in [3.63, 3.8) is 0 Å². The molecule has 1 saturated carbocycles. The first-order chi connectivity index (χ1) is 10.1. The van der Waals surface area contributed by atoms with Gasteiger partial charge in [-0.05, 0) is 30.9 Å². The van der Waals surface area contributed by atoms with E-state index >= 15 is 0 Å². The maximum Gasteiger partial charge on any atom is 0.151 e. The molecule has 1 fully saturated rings. The molecule has 118 valence electrons. The second-order valence-corrected chi connectivity index (χ2v) is 6.90. The molecular formula is C17H30N4. The van der Waals surface area contributed by atoms with E-state index in [4.69, 9.17) is 0 Å². The SMILES string of the molecule is CC(C)CN(c1ccc(CNC(C)C)nn1)C1CCCC1. The standard InChI is InChI=1S/C17H30N4/c1-13(2)12-21(16-7-5-6-8-16)17-10-9-15(19-20-17)11-18-14(3)4/h9-10,13-14,16,18H,5-8,11-12H2,1-4H3. The second kappa shape index (κ2) is 7.74.